The zero-order valence-electron chi connectivity index (χ0n) is 19.8. The van der Waals surface area contributed by atoms with Crippen molar-refractivity contribution < 1.29 is 9.59 Å². The molecule has 0 bridgehead atoms. The van der Waals surface area contributed by atoms with Gasteiger partial charge in [-0.1, -0.05) is 72.3 Å². The molecule has 0 unspecified atom stereocenters. The van der Waals surface area contributed by atoms with E-state index in [1.54, 1.807) is 4.90 Å². The Hall–Kier alpha value is -3.14. The Morgan fingerprint density at radius 3 is 2.38 bits per heavy atom. The summed E-state index contributed by atoms with van der Waals surface area (Å²) >= 11 is 0. The Labute approximate surface area is 191 Å². The molecule has 4 heteroatoms. The Morgan fingerprint density at radius 2 is 1.66 bits per heavy atom. The predicted octanol–water partition coefficient (Wildman–Crippen LogP) is 5.41. The molecule has 0 heterocycles. The van der Waals surface area contributed by atoms with Crippen molar-refractivity contribution in [3.63, 3.8) is 0 Å². The van der Waals surface area contributed by atoms with Gasteiger partial charge in [0.25, 0.3) is 0 Å². The van der Waals surface area contributed by atoms with Crippen molar-refractivity contribution in [3.8, 4) is 0 Å². The number of aryl methyl sites for hydroxylation is 2. The van der Waals surface area contributed by atoms with Gasteiger partial charge < -0.3 is 10.2 Å². The van der Waals surface area contributed by atoms with E-state index in [0.29, 0.717) is 19.4 Å². The third-order valence-corrected chi connectivity index (χ3v) is 5.59. The van der Waals surface area contributed by atoms with Crippen molar-refractivity contribution in [3.05, 3.63) is 83.4 Å². The van der Waals surface area contributed by atoms with E-state index in [1.165, 1.54) is 10.8 Å². The summed E-state index contributed by atoms with van der Waals surface area (Å²) in [5, 5.41) is 5.36. The largest absolute Gasteiger partial charge is 0.350 e. The first-order valence-corrected chi connectivity index (χ1v) is 11.3. The van der Waals surface area contributed by atoms with Crippen molar-refractivity contribution in [1.82, 2.24) is 10.2 Å². The van der Waals surface area contributed by atoms with Crippen LogP contribution in [0.5, 0.6) is 0 Å². The van der Waals surface area contributed by atoms with Crippen LogP contribution in [0.3, 0.4) is 0 Å². The van der Waals surface area contributed by atoms with Crippen LogP contribution in [-0.4, -0.2) is 28.3 Å². The minimum Gasteiger partial charge on any atom is -0.350 e. The molecule has 2 amide bonds. The molecule has 0 aromatic heterocycles. The van der Waals surface area contributed by atoms with Gasteiger partial charge in [0.15, 0.2) is 0 Å². The molecule has 0 radical (unpaired) electrons. The summed E-state index contributed by atoms with van der Waals surface area (Å²) in [5.74, 6) is -0.153. The van der Waals surface area contributed by atoms with Crippen molar-refractivity contribution >= 4 is 22.6 Å². The number of fused-ring (bicyclic) bond motifs is 1. The standard InChI is InChI=1S/C28H34N2O2/c1-20-10-8-11-22(18-20)19-30(21(2)27(32)29-28(3,4)5)26(31)17-16-24-14-9-13-23-12-6-7-15-25(23)24/h6-15,18,21H,16-17,19H2,1-5H3,(H,29,32)/t21-/m0/s1. The molecule has 3 rings (SSSR count). The fourth-order valence-corrected chi connectivity index (χ4v) is 3.96. The second-order valence-corrected chi connectivity index (χ2v) is 9.56. The van der Waals surface area contributed by atoms with Crippen LogP contribution < -0.4 is 5.32 Å². The number of carbonyl (C=O) groups is 2. The first-order chi connectivity index (χ1) is 15.1. The molecule has 1 atom stereocenters. The van der Waals surface area contributed by atoms with Gasteiger partial charge in [-0.3, -0.25) is 9.59 Å². The van der Waals surface area contributed by atoms with Crippen LogP contribution in [0.15, 0.2) is 66.7 Å². The predicted molar refractivity (Wildman–Crippen MR) is 131 cm³/mol. The van der Waals surface area contributed by atoms with Gasteiger partial charge in [-0.2, -0.15) is 0 Å². The van der Waals surface area contributed by atoms with Crippen LogP contribution in [0.4, 0.5) is 0 Å². The van der Waals surface area contributed by atoms with Gasteiger partial charge in [-0.15, -0.1) is 0 Å². The third-order valence-electron chi connectivity index (χ3n) is 5.59. The fourth-order valence-electron chi connectivity index (χ4n) is 3.96. The number of nitrogens with zero attached hydrogens (tertiary/aromatic N) is 1. The van der Waals surface area contributed by atoms with Crippen molar-refractivity contribution in [2.45, 2.75) is 65.6 Å². The summed E-state index contributed by atoms with van der Waals surface area (Å²) < 4.78 is 0. The monoisotopic (exact) mass is 430 g/mol. The highest BCUT2D eigenvalue weighted by molar-refractivity contribution is 5.89. The smallest absolute Gasteiger partial charge is 0.242 e. The zero-order chi connectivity index (χ0) is 23.3. The highest BCUT2D eigenvalue weighted by Gasteiger charge is 2.28. The van der Waals surface area contributed by atoms with E-state index in [1.807, 2.05) is 71.0 Å². The topological polar surface area (TPSA) is 49.4 Å². The van der Waals surface area contributed by atoms with Gasteiger partial charge in [0.05, 0.1) is 0 Å². The van der Waals surface area contributed by atoms with E-state index in [0.717, 1.165) is 16.7 Å². The lowest BCUT2D eigenvalue weighted by molar-refractivity contribution is -0.141. The summed E-state index contributed by atoms with van der Waals surface area (Å²) in [6.07, 6.45) is 0.991. The van der Waals surface area contributed by atoms with Crippen LogP contribution in [0.25, 0.3) is 10.8 Å². The lowest BCUT2D eigenvalue weighted by Gasteiger charge is -2.31. The molecule has 0 aliphatic rings. The van der Waals surface area contributed by atoms with Crippen molar-refractivity contribution in [1.29, 1.82) is 0 Å². The molecule has 3 aromatic rings. The number of rotatable bonds is 7. The Balaban J connectivity index is 1.81. The minimum atomic E-state index is -0.560. The molecule has 0 aliphatic carbocycles. The lowest BCUT2D eigenvalue weighted by Crippen LogP contribution is -2.52. The third kappa shape index (κ3) is 6.19. The summed E-state index contributed by atoms with van der Waals surface area (Å²) in [6.45, 7) is 10.1. The van der Waals surface area contributed by atoms with Gasteiger partial charge in [-0.25, -0.2) is 0 Å². The maximum atomic E-state index is 13.4. The SMILES string of the molecule is Cc1cccc(CN(C(=O)CCc2cccc3ccccc23)[C@@H](C)C(=O)NC(C)(C)C)c1. The number of hydrogen-bond donors (Lipinski definition) is 1. The quantitative estimate of drug-likeness (QED) is 0.545. The van der Waals surface area contributed by atoms with E-state index in [-0.39, 0.29) is 17.4 Å². The minimum absolute atomic E-state index is 0.0176. The maximum Gasteiger partial charge on any atom is 0.242 e. The number of hydrogen-bond acceptors (Lipinski definition) is 2. The van der Waals surface area contributed by atoms with Crippen LogP contribution in [-0.2, 0) is 22.6 Å². The molecule has 32 heavy (non-hydrogen) atoms. The second-order valence-electron chi connectivity index (χ2n) is 9.56. The molecule has 168 valence electrons. The van der Waals surface area contributed by atoms with E-state index in [4.69, 9.17) is 0 Å². The van der Waals surface area contributed by atoms with Gasteiger partial charge >= 0.3 is 0 Å². The fraction of sp³-hybridized carbons (Fsp3) is 0.357. The number of amides is 2. The van der Waals surface area contributed by atoms with Gasteiger partial charge in [0, 0.05) is 18.5 Å². The number of benzene rings is 3. The highest BCUT2D eigenvalue weighted by Crippen LogP contribution is 2.21. The highest BCUT2D eigenvalue weighted by atomic mass is 16.2. The van der Waals surface area contributed by atoms with E-state index in [9.17, 15) is 9.59 Å². The second kappa shape index (κ2) is 9.99. The molecule has 0 fully saturated rings. The van der Waals surface area contributed by atoms with Crippen molar-refractivity contribution in [2.24, 2.45) is 0 Å². The van der Waals surface area contributed by atoms with E-state index >= 15 is 0 Å². The van der Waals surface area contributed by atoms with Crippen LogP contribution in [0, 0.1) is 6.92 Å². The van der Waals surface area contributed by atoms with Gasteiger partial charge in [0.2, 0.25) is 11.8 Å². The van der Waals surface area contributed by atoms with Crippen LogP contribution in [0.2, 0.25) is 0 Å². The molecule has 3 aromatic carbocycles. The molecule has 0 spiro atoms. The number of carbonyl (C=O) groups excluding carboxylic acids is 2. The van der Waals surface area contributed by atoms with Gasteiger partial charge in [0.1, 0.15) is 6.04 Å². The molecule has 1 N–H and O–H groups in total. The normalized spacial score (nSPS) is 12.4. The first kappa shape index (κ1) is 23.5. The number of nitrogens with one attached hydrogen (secondary N) is 1. The first-order valence-electron chi connectivity index (χ1n) is 11.3. The molecule has 0 saturated carbocycles. The zero-order valence-corrected chi connectivity index (χ0v) is 19.8. The lowest BCUT2D eigenvalue weighted by atomic mass is 10.00. The maximum absolute atomic E-state index is 13.4. The Morgan fingerprint density at radius 1 is 0.969 bits per heavy atom. The molecular formula is C28H34N2O2. The molecule has 4 nitrogen and oxygen atoms in total. The summed E-state index contributed by atoms with van der Waals surface area (Å²) in [5.41, 5.74) is 2.96. The summed E-state index contributed by atoms with van der Waals surface area (Å²) in [7, 11) is 0. The summed E-state index contributed by atoms with van der Waals surface area (Å²) in [6, 6.07) is 22.0. The summed E-state index contributed by atoms with van der Waals surface area (Å²) in [4.78, 5) is 28.0. The van der Waals surface area contributed by atoms with Crippen molar-refractivity contribution in [2.75, 3.05) is 0 Å². The Bertz CT molecular complexity index is 1090. The van der Waals surface area contributed by atoms with Crippen LogP contribution >= 0.6 is 0 Å². The average molecular weight is 431 g/mol. The van der Waals surface area contributed by atoms with E-state index < -0.39 is 6.04 Å². The van der Waals surface area contributed by atoms with Gasteiger partial charge in [-0.05, 0) is 62.9 Å². The van der Waals surface area contributed by atoms with Crippen LogP contribution in [0.1, 0.15) is 50.8 Å². The molecule has 0 aliphatic heterocycles. The van der Waals surface area contributed by atoms with E-state index in [2.05, 4.69) is 35.6 Å². The molecular weight excluding hydrogens is 396 g/mol. The Kier molecular flexibility index (Phi) is 7.34. The molecule has 0 saturated heterocycles. The average Bonchev–Trinajstić information content (AvgIpc) is 2.74.